The molecule has 1 N–H and O–H groups in total. The number of nitrogens with zero attached hydrogens (tertiary/aromatic N) is 4. The monoisotopic (exact) mass is 464 g/mol. The van der Waals surface area contributed by atoms with Crippen LogP contribution < -0.4 is 0 Å². The van der Waals surface area contributed by atoms with E-state index in [1.54, 1.807) is 12.4 Å². The molecule has 1 fully saturated rings. The second-order valence-corrected chi connectivity index (χ2v) is 11.3. The van der Waals surface area contributed by atoms with E-state index >= 15 is 0 Å². The molecule has 1 aromatic heterocycles. The summed E-state index contributed by atoms with van der Waals surface area (Å²) in [6.45, 7) is 8.88. The number of hydrogen-bond donors (Lipinski definition) is 1. The third-order valence-corrected chi connectivity index (χ3v) is 8.09. The molecule has 7 heteroatoms. The van der Waals surface area contributed by atoms with Crippen molar-refractivity contribution in [2.75, 3.05) is 6.54 Å². The molecule has 1 saturated carbocycles. The van der Waals surface area contributed by atoms with Gasteiger partial charge in [-0.1, -0.05) is 26.0 Å². The third kappa shape index (κ3) is 3.31. The van der Waals surface area contributed by atoms with E-state index in [4.69, 9.17) is 4.99 Å². The van der Waals surface area contributed by atoms with Gasteiger partial charge in [0, 0.05) is 23.4 Å². The van der Waals surface area contributed by atoms with Crippen LogP contribution in [0.4, 0.5) is 4.39 Å². The predicted molar refractivity (Wildman–Crippen MR) is 129 cm³/mol. The molecule has 1 aliphatic heterocycles. The number of aliphatic hydroxyl groups excluding tert-OH is 1. The highest BCUT2D eigenvalue weighted by molar-refractivity contribution is 6.09. The Kier molecular flexibility index (Phi) is 5.21. The molecule has 0 radical (unpaired) electrons. The first kappa shape index (κ1) is 23.1. The summed E-state index contributed by atoms with van der Waals surface area (Å²) in [5, 5.41) is 10.8. The molecule has 0 unspecified atom stereocenters. The van der Waals surface area contributed by atoms with E-state index in [1.165, 1.54) is 25.1 Å². The van der Waals surface area contributed by atoms with Crippen LogP contribution in [0.2, 0.25) is 0 Å². The summed E-state index contributed by atoms with van der Waals surface area (Å²) in [5.41, 5.74) is 0.668. The minimum absolute atomic E-state index is 0.0335. The number of amides is 1. The number of alkyl halides is 1. The van der Waals surface area contributed by atoms with E-state index in [-0.39, 0.29) is 24.3 Å². The highest BCUT2D eigenvalue weighted by atomic mass is 19.1. The largest absolute Gasteiger partial charge is 0.393 e. The van der Waals surface area contributed by atoms with Crippen molar-refractivity contribution in [3.05, 3.63) is 48.0 Å². The van der Waals surface area contributed by atoms with Gasteiger partial charge in [0.15, 0.2) is 5.54 Å². The number of aliphatic imine (C=N–C) groups is 1. The molecule has 0 saturated heterocycles. The number of carbonyl (C=O) groups excluding carboxylic acids is 1. The molecule has 0 bridgehead atoms. The van der Waals surface area contributed by atoms with E-state index < -0.39 is 22.7 Å². The van der Waals surface area contributed by atoms with Crippen LogP contribution in [-0.2, 0) is 16.8 Å². The van der Waals surface area contributed by atoms with E-state index in [0.717, 1.165) is 22.3 Å². The fraction of sp³-hybridized carbons (Fsp3) is 0.556. The summed E-state index contributed by atoms with van der Waals surface area (Å²) in [4.78, 5) is 29.3. The van der Waals surface area contributed by atoms with Gasteiger partial charge in [-0.2, -0.15) is 0 Å². The Balaban J connectivity index is 1.70. The first-order valence-electron chi connectivity index (χ1n) is 12.1. The standard InChI is InChI=1S/C27H33FN4O2/c1-16-9-26(10-17(2)23(16)33)11-20-7-6-19(21-12-29-15-30-13-21)8-22(20)27(26)24(34)32(18(3)31-27)14-25(4,5)28/h6-8,12-13,15-17,23,33H,9-11,14H2,1-5H3/t16-,17+,23+,26+,27-/m1/s1. The molecule has 2 heterocycles. The Hall–Kier alpha value is -2.67. The zero-order chi connectivity index (χ0) is 24.5. The van der Waals surface area contributed by atoms with Crippen molar-refractivity contribution in [2.45, 2.75) is 71.2 Å². The smallest absolute Gasteiger partial charge is 0.261 e. The van der Waals surface area contributed by atoms with Crippen LogP contribution in [0, 0.1) is 17.3 Å². The van der Waals surface area contributed by atoms with Crippen molar-refractivity contribution < 1.29 is 14.3 Å². The number of aliphatic hydroxyl groups is 1. The number of rotatable bonds is 3. The van der Waals surface area contributed by atoms with Gasteiger partial charge in [0.25, 0.3) is 5.91 Å². The second kappa shape index (κ2) is 7.67. The summed E-state index contributed by atoms with van der Waals surface area (Å²) in [6.07, 6.45) is 6.69. The van der Waals surface area contributed by atoms with E-state index in [2.05, 4.69) is 35.9 Å². The number of carbonyl (C=O) groups is 1. The molecule has 34 heavy (non-hydrogen) atoms. The SMILES string of the molecule is CC1=N[C@@]2(C(=O)N1CC(C)(C)F)c1cc(-c3cncnc3)ccc1C[C@@]21C[C@@H](C)[C@H](O)[C@@H](C)C1. The van der Waals surface area contributed by atoms with Crippen molar-refractivity contribution in [1.29, 1.82) is 0 Å². The van der Waals surface area contributed by atoms with Gasteiger partial charge in [-0.25, -0.2) is 14.4 Å². The molecule has 5 atom stereocenters. The van der Waals surface area contributed by atoms with Crippen LogP contribution >= 0.6 is 0 Å². The molecule has 180 valence electrons. The van der Waals surface area contributed by atoms with Crippen molar-refractivity contribution >= 4 is 11.7 Å². The maximum absolute atomic E-state index is 14.8. The number of hydrogen-bond acceptors (Lipinski definition) is 5. The number of fused-ring (bicyclic) bond motifs is 3. The van der Waals surface area contributed by atoms with Gasteiger partial charge >= 0.3 is 0 Å². The van der Waals surface area contributed by atoms with Gasteiger partial charge in [0.2, 0.25) is 0 Å². The normalized spacial score (nSPS) is 33.0. The lowest BCUT2D eigenvalue weighted by atomic mass is 9.56. The van der Waals surface area contributed by atoms with Crippen LogP contribution in [0.1, 0.15) is 58.6 Å². The van der Waals surface area contributed by atoms with E-state index in [0.29, 0.717) is 25.1 Å². The van der Waals surface area contributed by atoms with Crippen LogP contribution in [0.5, 0.6) is 0 Å². The maximum atomic E-state index is 14.8. The van der Waals surface area contributed by atoms with Crippen LogP contribution in [0.15, 0.2) is 41.9 Å². The first-order chi connectivity index (χ1) is 16.0. The number of aromatic nitrogens is 2. The molecule has 2 spiro atoms. The molecule has 1 aromatic carbocycles. The van der Waals surface area contributed by atoms with Gasteiger partial charge in [0.05, 0.1) is 12.6 Å². The molecule has 6 nitrogen and oxygen atoms in total. The zero-order valence-corrected chi connectivity index (χ0v) is 20.5. The minimum atomic E-state index is -1.54. The second-order valence-electron chi connectivity index (χ2n) is 11.3. The minimum Gasteiger partial charge on any atom is -0.393 e. The Morgan fingerprint density at radius 3 is 2.41 bits per heavy atom. The predicted octanol–water partition coefficient (Wildman–Crippen LogP) is 4.32. The lowest BCUT2D eigenvalue weighted by Crippen LogP contribution is -2.55. The lowest BCUT2D eigenvalue weighted by Gasteiger charge is -2.49. The van der Waals surface area contributed by atoms with Gasteiger partial charge < -0.3 is 5.11 Å². The highest BCUT2D eigenvalue weighted by Crippen LogP contribution is 2.63. The number of benzene rings is 1. The molecular formula is C27H33FN4O2. The van der Waals surface area contributed by atoms with E-state index in [1.807, 2.05) is 13.0 Å². The molecule has 1 amide bonds. The lowest BCUT2D eigenvalue weighted by molar-refractivity contribution is -0.142. The van der Waals surface area contributed by atoms with E-state index in [9.17, 15) is 14.3 Å². The Morgan fingerprint density at radius 2 is 1.79 bits per heavy atom. The summed E-state index contributed by atoms with van der Waals surface area (Å²) < 4.78 is 14.8. The number of amidine groups is 1. The summed E-state index contributed by atoms with van der Waals surface area (Å²) in [6, 6.07) is 6.20. The first-order valence-corrected chi connectivity index (χ1v) is 12.1. The fourth-order valence-corrected chi connectivity index (χ4v) is 6.81. The zero-order valence-electron chi connectivity index (χ0n) is 20.5. The van der Waals surface area contributed by atoms with Crippen LogP contribution in [0.25, 0.3) is 11.1 Å². The Bertz CT molecular complexity index is 1150. The maximum Gasteiger partial charge on any atom is 0.261 e. The van der Waals surface area contributed by atoms with Crippen molar-refractivity contribution in [3.8, 4) is 11.1 Å². The molecule has 3 aliphatic rings. The Morgan fingerprint density at radius 1 is 1.15 bits per heavy atom. The van der Waals surface area contributed by atoms with Gasteiger partial charge in [-0.15, -0.1) is 0 Å². The average molecular weight is 465 g/mol. The van der Waals surface area contributed by atoms with Gasteiger partial charge in [-0.3, -0.25) is 14.7 Å². The average Bonchev–Trinajstić information content (AvgIpc) is 3.18. The Labute approximate surface area is 200 Å². The highest BCUT2D eigenvalue weighted by Gasteiger charge is 2.68. The molecular weight excluding hydrogens is 431 g/mol. The molecule has 2 aliphatic carbocycles. The van der Waals surface area contributed by atoms with Gasteiger partial charge in [0.1, 0.15) is 17.8 Å². The fourth-order valence-electron chi connectivity index (χ4n) is 6.81. The van der Waals surface area contributed by atoms with Crippen molar-refractivity contribution in [1.82, 2.24) is 14.9 Å². The summed E-state index contributed by atoms with van der Waals surface area (Å²) in [7, 11) is 0. The summed E-state index contributed by atoms with van der Waals surface area (Å²) >= 11 is 0. The number of halogens is 1. The topological polar surface area (TPSA) is 78.7 Å². The van der Waals surface area contributed by atoms with Crippen LogP contribution in [-0.4, -0.2) is 50.0 Å². The van der Waals surface area contributed by atoms with Crippen LogP contribution in [0.3, 0.4) is 0 Å². The quantitative estimate of drug-likeness (QED) is 0.734. The summed E-state index contributed by atoms with van der Waals surface area (Å²) in [5.74, 6) is 0.480. The van der Waals surface area contributed by atoms with Gasteiger partial charge in [-0.05, 0) is 74.6 Å². The van der Waals surface area contributed by atoms with Crippen molar-refractivity contribution in [3.63, 3.8) is 0 Å². The molecule has 2 aromatic rings. The van der Waals surface area contributed by atoms with Crippen molar-refractivity contribution in [2.24, 2.45) is 22.2 Å². The molecule has 5 rings (SSSR count). The third-order valence-electron chi connectivity index (χ3n) is 8.09.